The van der Waals surface area contributed by atoms with Crippen LogP contribution in [0.1, 0.15) is 40.3 Å². The lowest BCUT2D eigenvalue weighted by Gasteiger charge is -2.15. The Kier molecular flexibility index (Phi) is 7.35. The number of ether oxygens (including phenoxy) is 1. The van der Waals surface area contributed by atoms with Crippen molar-refractivity contribution in [3.8, 4) is 5.75 Å². The topological polar surface area (TPSA) is 84.5 Å². The molecule has 138 valence electrons. The van der Waals surface area contributed by atoms with Crippen LogP contribution in [-0.2, 0) is 4.79 Å². The molecule has 1 aromatic heterocycles. The molecule has 0 aliphatic carbocycles. The smallest absolute Gasteiger partial charge is 0.261 e. The summed E-state index contributed by atoms with van der Waals surface area (Å²) in [6.45, 7) is 4.04. The van der Waals surface area contributed by atoms with Crippen LogP contribution < -0.4 is 15.4 Å². The summed E-state index contributed by atoms with van der Waals surface area (Å²) >= 11 is 1.39. The maximum atomic E-state index is 12.1. The molecule has 0 aliphatic heterocycles. The lowest BCUT2D eigenvalue weighted by Crippen LogP contribution is -2.37. The molecule has 26 heavy (non-hydrogen) atoms. The Morgan fingerprint density at radius 2 is 1.88 bits per heavy atom. The van der Waals surface area contributed by atoms with Crippen LogP contribution >= 0.6 is 11.3 Å². The second-order valence-electron chi connectivity index (χ2n) is 5.72. The van der Waals surface area contributed by atoms with E-state index in [0.29, 0.717) is 35.7 Å². The average Bonchev–Trinajstić information content (AvgIpc) is 3.16. The van der Waals surface area contributed by atoms with E-state index < -0.39 is 6.10 Å². The number of rotatable bonds is 9. The van der Waals surface area contributed by atoms with E-state index in [1.807, 2.05) is 11.4 Å². The zero-order valence-electron chi connectivity index (χ0n) is 14.8. The van der Waals surface area contributed by atoms with Crippen LogP contribution in [0.4, 0.5) is 0 Å². The number of benzene rings is 1. The van der Waals surface area contributed by atoms with Crippen molar-refractivity contribution in [3.63, 3.8) is 0 Å². The van der Waals surface area contributed by atoms with Crippen LogP contribution in [-0.4, -0.2) is 36.8 Å². The first-order chi connectivity index (χ1) is 12.5. The zero-order valence-corrected chi connectivity index (χ0v) is 15.6. The molecule has 0 fully saturated rings. The Labute approximate surface area is 156 Å². The van der Waals surface area contributed by atoms with Crippen molar-refractivity contribution < 1.29 is 19.1 Å². The van der Waals surface area contributed by atoms with Crippen molar-refractivity contribution in [2.24, 2.45) is 0 Å². The van der Waals surface area contributed by atoms with Gasteiger partial charge in [0.25, 0.3) is 11.8 Å². The summed E-state index contributed by atoms with van der Waals surface area (Å²) in [5, 5.41) is 7.42. The van der Waals surface area contributed by atoms with Gasteiger partial charge >= 0.3 is 0 Å². The van der Waals surface area contributed by atoms with E-state index in [0.717, 1.165) is 0 Å². The molecule has 1 heterocycles. The Hall–Kier alpha value is -2.67. The lowest BCUT2D eigenvalue weighted by atomic mass is 10.1. The van der Waals surface area contributed by atoms with E-state index in [9.17, 15) is 14.4 Å². The predicted molar refractivity (Wildman–Crippen MR) is 101 cm³/mol. The van der Waals surface area contributed by atoms with Crippen molar-refractivity contribution in [1.82, 2.24) is 10.6 Å². The largest absolute Gasteiger partial charge is 0.481 e. The van der Waals surface area contributed by atoms with Crippen molar-refractivity contribution in [2.45, 2.75) is 26.4 Å². The molecule has 0 saturated carbocycles. The third kappa shape index (κ3) is 6.00. The van der Waals surface area contributed by atoms with Crippen LogP contribution in [0, 0.1) is 0 Å². The number of Topliss-reactive ketones (excluding diaryl/α,β-unsaturated/α-hetero) is 1. The van der Waals surface area contributed by atoms with Gasteiger partial charge in [-0.05, 0) is 43.8 Å². The summed E-state index contributed by atoms with van der Waals surface area (Å²) in [7, 11) is 0. The molecular weight excluding hydrogens is 352 g/mol. The Morgan fingerprint density at radius 3 is 2.58 bits per heavy atom. The average molecular weight is 374 g/mol. The number of amides is 2. The molecule has 6 nitrogen and oxygen atoms in total. The third-order valence-corrected chi connectivity index (χ3v) is 4.47. The first-order valence-electron chi connectivity index (χ1n) is 8.34. The number of carbonyl (C=O) groups is 3. The second kappa shape index (κ2) is 9.72. The normalized spacial score (nSPS) is 11.5. The zero-order chi connectivity index (χ0) is 18.9. The summed E-state index contributed by atoms with van der Waals surface area (Å²) in [5.74, 6) is 0.0666. The minimum absolute atomic E-state index is 0.0582. The van der Waals surface area contributed by atoms with Gasteiger partial charge in [-0.25, -0.2) is 0 Å². The van der Waals surface area contributed by atoms with E-state index in [1.165, 1.54) is 18.3 Å². The van der Waals surface area contributed by atoms with Crippen LogP contribution in [0.2, 0.25) is 0 Å². The second-order valence-corrected chi connectivity index (χ2v) is 6.67. The molecule has 2 N–H and O–H groups in total. The molecule has 1 unspecified atom stereocenters. The van der Waals surface area contributed by atoms with Crippen LogP contribution in [0.25, 0.3) is 0 Å². The number of nitrogens with one attached hydrogen (secondary N) is 2. The van der Waals surface area contributed by atoms with E-state index in [1.54, 1.807) is 37.3 Å². The van der Waals surface area contributed by atoms with Gasteiger partial charge in [-0.15, -0.1) is 11.3 Å². The monoisotopic (exact) mass is 374 g/mol. The summed E-state index contributed by atoms with van der Waals surface area (Å²) in [5.41, 5.74) is 0.539. The van der Waals surface area contributed by atoms with Gasteiger partial charge in [0.1, 0.15) is 5.75 Å². The van der Waals surface area contributed by atoms with Gasteiger partial charge in [-0.3, -0.25) is 14.4 Å². The number of carbonyl (C=O) groups excluding carboxylic acids is 3. The van der Waals surface area contributed by atoms with Crippen LogP contribution in [0.5, 0.6) is 5.75 Å². The maximum Gasteiger partial charge on any atom is 0.261 e. The maximum absolute atomic E-state index is 12.1. The fraction of sp³-hybridized carbons (Fsp3) is 0.316. The molecule has 1 atom stereocenters. The Bertz CT molecular complexity index is 759. The predicted octanol–water partition coefficient (Wildman–Crippen LogP) is 2.65. The lowest BCUT2D eigenvalue weighted by molar-refractivity contribution is -0.127. The summed E-state index contributed by atoms with van der Waals surface area (Å²) in [4.78, 5) is 35.9. The molecular formula is C19H22N2O4S. The molecule has 2 rings (SSSR count). The van der Waals surface area contributed by atoms with Gasteiger partial charge in [-0.1, -0.05) is 18.2 Å². The molecule has 1 aromatic carbocycles. The van der Waals surface area contributed by atoms with Crippen molar-refractivity contribution in [1.29, 1.82) is 0 Å². The van der Waals surface area contributed by atoms with Gasteiger partial charge in [0.2, 0.25) is 0 Å². The molecule has 0 aliphatic rings. The van der Waals surface area contributed by atoms with E-state index >= 15 is 0 Å². The molecule has 0 bridgehead atoms. The number of ketones is 1. The SMILES string of the molecule is CC(=O)c1cccc(OC(C)C(=O)NCCCNC(=O)c2cccs2)c1. The van der Waals surface area contributed by atoms with E-state index in [4.69, 9.17) is 4.74 Å². The van der Waals surface area contributed by atoms with E-state index in [2.05, 4.69) is 10.6 Å². The highest BCUT2D eigenvalue weighted by molar-refractivity contribution is 7.12. The first-order valence-corrected chi connectivity index (χ1v) is 9.22. The molecule has 0 radical (unpaired) electrons. The quantitative estimate of drug-likeness (QED) is 0.522. The standard InChI is InChI=1S/C19H22N2O4S/c1-13(22)15-6-3-7-16(12-15)25-14(2)18(23)20-9-5-10-21-19(24)17-8-4-11-26-17/h3-4,6-8,11-12,14H,5,9-10H2,1-2H3,(H,20,23)(H,21,24). The highest BCUT2D eigenvalue weighted by atomic mass is 32.1. The summed E-state index contributed by atoms with van der Waals surface area (Å²) in [6, 6.07) is 10.3. The van der Waals surface area contributed by atoms with Gasteiger partial charge in [0, 0.05) is 18.7 Å². The fourth-order valence-corrected chi connectivity index (χ4v) is 2.83. The molecule has 0 spiro atoms. The van der Waals surface area contributed by atoms with Gasteiger partial charge in [0.15, 0.2) is 11.9 Å². The number of hydrogen-bond acceptors (Lipinski definition) is 5. The minimum Gasteiger partial charge on any atom is -0.481 e. The van der Waals surface area contributed by atoms with Gasteiger partial charge in [0.05, 0.1) is 4.88 Å². The van der Waals surface area contributed by atoms with Crippen molar-refractivity contribution in [3.05, 3.63) is 52.2 Å². The molecule has 2 aromatic rings. The summed E-state index contributed by atoms with van der Waals surface area (Å²) in [6.07, 6.45) is -0.0620. The first kappa shape index (κ1) is 19.7. The summed E-state index contributed by atoms with van der Waals surface area (Å²) < 4.78 is 5.58. The number of thiophene rings is 1. The van der Waals surface area contributed by atoms with Gasteiger partial charge in [-0.2, -0.15) is 0 Å². The Morgan fingerprint density at radius 1 is 1.12 bits per heavy atom. The molecule has 0 saturated heterocycles. The fourth-order valence-electron chi connectivity index (χ4n) is 2.19. The molecule has 2 amide bonds. The van der Waals surface area contributed by atoms with Crippen molar-refractivity contribution in [2.75, 3.05) is 13.1 Å². The number of hydrogen-bond donors (Lipinski definition) is 2. The van der Waals surface area contributed by atoms with Gasteiger partial charge < -0.3 is 15.4 Å². The Balaban J connectivity index is 1.68. The molecule has 7 heteroatoms. The van der Waals surface area contributed by atoms with Crippen LogP contribution in [0.3, 0.4) is 0 Å². The minimum atomic E-state index is -0.682. The third-order valence-electron chi connectivity index (χ3n) is 3.61. The highest BCUT2D eigenvalue weighted by Crippen LogP contribution is 2.15. The van der Waals surface area contributed by atoms with E-state index in [-0.39, 0.29) is 17.6 Å². The van der Waals surface area contributed by atoms with Crippen LogP contribution in [0.15, 0.2) is 41.8 Å². The highest BCUT2D eigenvalue weighted by Gasteiger charge is 2.14. The van der Waals surface area contributed by atoms with Crippen molar-refractivity contribution >= 4 is 28.9 Å².